The van der Waals surface area contributed by atoms with E-state index in [-0.39, 0.29) is 23.3 Å². The minimum Gasteiger partial charge on any atom is -0.395 e. The van der Waals surface area contributed by atoms with Crippen molar-refractivity contribution in [1.82, 2.24) is 10.3 Å². The quantitative estimate of drug-likeness (QED) is 0.897. The molecule has 0 saturated carbocycles. The fourth-order valence-corrected chi connectivity index (χ4v) is 3.40. The molecule has 1 aromatic carbocycles. The second-order valence-corrected chi connectivity index (χ2v) is 6.68. The fourth-order valence-electron chi connectivity index (χ4n) is 2.52. The highest BCUT2D eigenvalue weighted by Gasteiger charge is 2.43. The summed E-state index contributed by atoms with van der Waals surface area (Å²) in [7, 11) is 0. The highest BCUT2D eigenvalue weighted by Crippen LogP contribution is 2.44. The first kappa shape index (κ1) is 14.6. The molecule has 0 radical (unpaired) electrons. The predicted octanol–water partition coefficient (Wildman–Crippen LogP) is 2.41. The molecule has 4 rings (SSSR count). The lowest BCUT2D eigenvalue weighted by molar-refractivity contribution is -0.286. The van der Waals surface area contributed by atoms with Crippen LogP contribution in [-0.4, -0.2) is 30.3 Å². The number of ether oxygens (including phenoxy) is 2. The van der Waals surface area contributed by atoms with E-state index < -0.39 is 6.29 Å². The third kappa shape index (κ3) is 2.59. The number of carbonyl (C=O) groups is 1. The van der Waals surface area contributed by atoms with Crippen LogP contribution in [0.2, 0.25) is 0 Å². The van der Waals surface area contributed by atoms with E-state index >= 15 is 0 Å². The number of hydrogen-bond acceptors (Lipinski definition) is 6. The van der Waals surface area contributed by atoms with E-state index in [1.165, 1.54) is 23.5 Å². The number of fused-ring (bicyclic) bond motifs is 2. The molecule has 6 nitrogen and oxygen atoms in total. The van der Waals surface area contributed by atoms with Crippen LogP contribution in [-0.2, 0) is 4.79 Å². The molecular formula is C14H13F2N3O3S. The van der Waals surface area contributed by atoms with Crippen molar-refractivity contribution in [3.8, 4) is 11.5 Å². The van der Waals surface area contributed by atoms with E-state index in [4.69, 9.17) is 0 Å². The van der Waals surface area contributed by atoms with Gasteiger partial charge in [-0.2, -0.15) is 0 Å². The van der Waals surface area contributed by atoms with Gasteiger partial charge in [-0.15, -0.1) is 8.78 Å². The maximum Gasteiger partial charge on any atom is 0.586 e. The molecule has 0 bridgehead atoms. The molecule has 122 valence electrons. The molecule has 9 heteroatoms. The minimum absolute atomic E-state index is 0.0297. The first-order valence-electron chi connectivity index (χ1n) is 7.13. The van der Waals surface area contributed by atoms with Crippen molar-refractivity contribution in [2.45, 2.75) is 13.2 Å². The van der Waals surface area contributed by atoms with Crippen molar-refractivity contribution in [3.63, 3.8) is 0 Å². The molecule has 2 aliphatic heterocycles. The Morgan fingerprint density at radius 2 is 2.13 bits per heavy atom. The summed E-state index contributed by atoms with van der Waals surface area (Å²) in [4.78, 5) is 16.4. The Balaban J connectivity index is 1.55. The van der Waals surface area contributed by atoms with Crippen LogP contribution < -0.4 is 20.1 Å². The van der Waals surface area contributed by atoms with Crippen LogP contribution in [0.15, 0.2) is 12.1 Å². The summed E-state index contributed by atoms with van der Waals surface area (Å²) < 4.78 is 35.5. The topological polar surface area (TPSA) is 72.5 Å². The van der Waals surface area contributed by atoms with Gasteiger partial charge in [0.25, 0.3) is 0 Å². The zero-order chi connectivity index (χ0) is 16.2. The summed E-state index contributed by atoms with van der Waals surface area (Å²) in [5, 5.41) is 6.34. The fraction of sp³-hybridized carbons (Fsp3) is 0.429. The highest BCUT2D eigenvalue weighted by molar-refractivity contribution is 7.22. The Morgan fingerprint density at radius 3 is 2.78 bits per heavy atom. The molecule has 1 aromatic heterocycles. The Bertz CT molecular complexity index is 746. The van der Waals surface area contributed by atoms with Gasteiger partial charge in [-0.05, 0) is 19.0 Å². The first-order chi connectivity index (χ1) is 10.9. The van der Waals surface area contributed by atoms with E-state index in [2.05, 4.69) is 25.1 Å². The third-order valence-electron chi connectivity index (χ3n) is 4.08. The van der Waals surface area contributed by atoms with Crippen LogP contribution in [0.3, 0.4) is 0 Å². The van der Waals surface area contributed by atoms with E-state index in [0.717, 1.165) is 13.1 Å². The maximum absolute atomic E-state index is 13.0. The number of nitrogens with one attached hydrogen (secondary N) is 2. The van der Waals surface area contributed by atoms with Crippen LogP contribution in [0.25, 0.3) is 10.2 Å². The van der Waals surface area contributed by atoms with Gasteiger partial charge in [-0.25, -0.2) is 4.98 Å². The first-order valence-corrected chi connectivity index (χ1v) is 7.95. The predicted molar refractivity (Wildman–Crippen MR) is 80.0 cm³/mol. The average molecular weight is 341 g/mol. The molecule has 2 N–H and O–H groups in total. The summed E-state index contributed by atoms with van der Waals surface area (Å²) in [5.41, 5.74) is 0.475. The summed E-state index contributed by atoms with van der Waals surface area (Å²) in [6.45, 7) is 3.56. The van der Waals surface area contributed by atoms with Gasteiger partial charge in [-0.3, -0.25) is 4.79 Å². The Labute approximate surface area is 133 Å². The second kappa shape index (κ2) is 5.00. The Morgan fingerprint density at radius 1 is 1.43 bits per heavy atom. The van der Waals surface area contributed by atoms with Gasteiger partial charge < -0.3 is 20.1 Å². The number of carbonyl (C=O) groups excluding carboxylic acids is 1. The van der Waals surface area contributed by atoms with Crippen molar-refractivity contribution in [2.75, 3.05) is 18.4 Å². The third-order valence-corrected chi connectivity index (χ3v) is 5.01. The molecule has 1 saturated heterocycles. The number of anilines is 1. The average Bonchev–Trinajstić information content (AvgIpc) is 2.90. The molecule has 0 spiro atoms. The van der Waals surface area contributed by atoms with Crippen LogP contribution in [0.4, 0.5) is 13.9 Å². The van der Waals surface area contributed by atoms with Gasteiger partial charge in [0, 0.05) is 18.1 Å². The number of benzene rings is 1. The van der Waals surface area contributed by atoms with Crippen molar-refractivity contribution in [2.24, 2.45) is 11.8 Å². The van der Waals surface area contributed by atoms with E-state index in [0.29, 0.717) is 21.3 Å². The maximum atomic E-state index is 13.0. The normalized spacial score (nSPS) is 20.3. The van der Waals surface area contributed by atoms with Gasteiger partial charge in [0.1, 0.15) is 0 Å². The SMILES string of the molecule is CC(C(=O)Nc1nc2cc3c(cc2s1)OC(F)(F)O3)C1CNC1. The summed E-state index contributed by atoms with van der Waals surface area (Å²) in [6, 6.07) is 2.83. The number of halogens is 2. The molecule has 2 aromatic rings. The number of thiazole rings is 1. The lowest BCUT2D eigenvalue weighted by Gasteiger charge is -2.31. The van der Waals surface area contributed by atoms with Crippen LogP contribution >= 0.6 is 11.3 Å². The van der Waals surface area contributed by atoms with Crippen molar-refractivity contribution < 1.29 is 23.0 Å². The monoisotopic (exact) mass is 341 g/mol. The molecule has 2 aliphatic rings. The molecular weight excluding hydrogens is 328 g/mol. The number of amides is 1. The van der Waals surface area contributed by atoms with Gasteiger partial charge >= 0.3 is 6.29 Å². The van der Waals surface area contributed by atoms with E-state index in [1.54, 1.807) is 0 Å². The van der Waals surface area contributed by atoms with E-state index in [1.807, 2.05) is 6.92 Å². The number of aromatic nitrogens is 1. The van der Waals surface area contributed by atoms with Gasteiger partial charge in [0.2, 0.25) is 5.91 Å². The number of nitrogens with zero attached hydrogens (tertiary/aromatic N) is 1. The van der Waals surface area contributed by atoms with Crippen molar-refractivity contribution >= 4 is 32.6 Å². The summed E-state index contributed by atoms with van der Waals surface area (Å²) in [5.74, 6) is 0.0375. The minimum atomic E-state index is -3.64. The molecule has 3 heterocycles. The van der Waals surface area contributed by atoms with Crippen LogP contribution in [0, 0.1) is 11.8 Å². The second-order valence-electron chi connectivity index (χ2n) is 5.65. The van der Waals surface area contributed by atoms with Crippen molar-refractivity contribution in [3.05, 3.63) is 12.1 Å². The lowest BCUT2D eigenvalue weighted by atomic mass is 9.88. The largest absolute Gasteiger partial charge is 0.586 e. The molecule has 1 amide bonds. The number of rotatable bonds is 3. The lowest BCUT2D eigenvalue weighted by Crippen LogP contribution is -2.48. The molecule has 1 fully saturated rings. The number of hydrogen-bond donors (Lipinski definition) is 2. The number of alkyl halides is 2. The Kier molecular flexibility index (Phi) is 3.17. The van der Waals surface area contributed by atoms with Gasteiger partial charge in [0.15, 0.2) is 16.6 Å². The van der Waals surface area contributed by atoms with Gasteiger partial charge in [0.05, 0.1) is 10.2 Å². The van der Waals surface area contributed by atoms with Gasteiger partial charge in [-0.1, -0.05) is 18.3 Å². The standard InChI is InChI=1S/C14H13F2N3O3S/c1-6(7-4-17-5-7)12(20)19-13-18-8-2-9-10(3-11(8)23-13)22-14(15,16)21-9/h2-3,6-7,17H,4-5H2,1H3,(H,18,19,20). The zero-order valence-corrected chi connectivity index (χ0v) is 12.9. The summed E-state index contributed by atoms with van der Waals surface area (Å²) >= 11 is 1.21. The smallest absolute Gasteiger partial charge is 0.395 e. The molecule has 1 atom stereocenters. The zero-order valence-electron chi connectivity index (χ0n) is 12.1. The highest BCUT2D eigenvalue weighted by atomic mass is 32.1. The molecule has 23 heavy (non-hydrogen) atoms. The molecule has 0 aliphatic carbocycles. The van der Waals surface area contributed by atoms with Crippen LogP contribution in [0.5, 0.6) is 11.5 Å². The van der Waals surface area contributed by atoms with Crippen LogP contribution in [0.1, 0.15) is 6.92 Å². The molecule has 1 unspecified atom stereocenters. The van der Waals surface area contributed by atoms with Crippen molar-refractivity contribution in [1.29, 1.82) is 0 Å². The Hall–Kier alpha value is -2.00. The van der Waals surface area contributed by atoms with E-state index in [9.17, 15) is 13.6 Å². The summed E-state index contributed by atoms with van der Waals surface area (Å²) in [6.07, 6.45) is -3.64.